The molecule has 0 N–H and O–H groups in total. The predicted octanol–water partition coefficient (Wildman–Crippen LogP) is 35.7. The molecular weight excluding hydrogens is 1690 g/mol. The van der Waals surface area contributed by atoms with Crippen molar-refractivity contribution in [3.63, 3.8) is 0 Å². The van der Waals surface area contributed by atoms with Crippen LogP contribution in [0.25, 0.3) is 259 Å². The maximum absolute atomic E-state index is 2.49. The number of nitrogens with zero attached hydrogens (tertiary/aromatic N) is 6. The number of fused-ring (bicyclic) bond motifs is 27. The van der Waals surface area contributed by atoms with Crippen LogP contribution in [-0.4, -0.2) is 27.4 Å². The number of aromatic nitrogens is 6. The zero-order chi connectivity index (χ0) is 88.5. The fourth-order valence-electron chi connectivity index (χ4n) is 22.1. The average molecular weight is 1770 g/mol. The summed E-state index contributed by atoms with van der Waals surface area (Å²) in [6, 6.07) is 173. The molecule has 0 amide bonds. The molecule has 0 saturated heterocycles. The van der Waals surface area contributed by atoms with Gasteiger partial charge in [0.1, 0.15) is 0 Å². The van der Waals surface area contributed by atoms with E-state index in [4.69, 9.17) is 0 Å². The molecule has 0 atom stereocenters. The summed E-state index contributed by atoms with van der Waals surface area (Å²) >= 11 is 5.64. The number of thiophene rings is 3. The summed E-state index contributed by atoms with van der Waals surface area (Å²) < 4.78 is 22.6. The molecule has 0 unspecified atom stereocenters. The van der Waals surface area contributed by atoms with E-state index in [1.165, 1.54) is 259 Å². The van der Waals surface area contributed by atoms with Crippen molar-refractivity contribution in [3.05, 3.63) is 473 Å². The molecule has 30 aromatic rings. The van der Waals surface area contributed by atoms with Gasteiger partial charge in [-0.2, -0.15) is 0 Å². The summed E-state index contributed by atoms with van der Waals surface area (Å²) in [6.45, 7) is 0. The molecule has 0 aliphatic carbocycles. The van der Waals surface area contributed by atoms with Crippen molar-refractivity contribution in [1.82, 2.24) is 27.4 Å². The van der Waals surface area contributed by atoms with Crippen molar-refractivity contribution in [1.29, 1.82) is 0 Å². The second kappa shape index (κ2) is 30.9. The van der Waals surface area contributed by atoms with Gasteiger partial charge in [0.2, 0.25) is 0 Å². The maximum atomic E-state index is 2.49. The van der Waals surface area contributed by atoms with Crippen LogP contribution >= 0.6 is 34.0 Å². The summed E-state index contributed by atoms with van der Waals surface area (Å²) in [6.07, 6.45) is 0. The fourth-order valence-corrected chi connectivity index (χ4v) is 25.7. The molecule has 9 aromatic heterocycles. The first kappa shape index (κ1) is 76.9. The first-order chi connectivity index (χ1) is 67.0. The number of para-hydroxylation sites is 10. The second-order valence-corrected chi connectivity index (χ2v) is 38.4. The standard InChI is InChI=1S/3C42H26N2S/c1-2-13-27(14-3-1)43-36-21-8-5-16-29(36)34-26-40-35(25-39(34)43)30-17-6-10-23-38(30)44(40)37-22-9-4-15-28(37)32-19-12-20-33-31-18-7-11-24-41(31)45-42(32)33;1-2-13-28(14-3-1)43-37-21-7-4-16-31(37)35-26-40-36(25-39(35)43)32-17-5-8-22-38(32)44(40)29-15-10-12-27(24-29)30-19-11-20-34-33-18-6-9-23-41(33)45-42(30)34;1-2-11-28(12-3-1)43-36-17-7-4-13-31(36)34-26-39-35(25-38(34)43)32-14-5-8-18-37(32)44(39)29-23-21-27(22-24-29)30-16-10-20-41-42(30)33-15-6-9-19-40(33)45-41/h3*1-26H. The molecule has 0 aliphatic heterocycles. The summed E-state index contributed by atoms with van der Waals surface area (Å²) in [4.78, 5) is 0. The van der Waals surface area contributed by atoms with E-state index in [1.807, 2.05) is 34.0 Å². The summed E-state index contributed by atoms with van der Waals surface area (Å²) in [5.74, 6) is 0. The van der Waals surface area contributed by atoms with Gasteiger partial charge in [0, 0.05) is 165 Å². The van der Waals surface area contributed by atoms with Gasteiger partial charge in [-0.05, 0) is 186 Å². The Hall–Kier alpha value is -16.9. The van der Waals surface area contributed by atoms with Crippen LogP contribution in [0.2, 0.25) is 0 Å². The van der Waals surface area contributed by atoms with Crippen molar-refractivity contribution in [2.24, 2.45) is 0 Å². The van der Waals surface area contributed by atoms with Gasteiger partial charge in [-0.3, -0.25) is 0 Å². The first-order valence-corrected chi connectivity index (χ1v) is 48.5. The lowest BCUT2D eigenvalue weighted by atomic mass is 9.99. The van der Waals surface area contributed by atoms with Crippen molar-refractivity contribution in [2.75, 3.05) is 0 Å². The van der Waals surface area contributed by atoms with Crippen molar-refractivity contribution in [3.8, 4) is 67.5 Å². The predicted molar refractivity (Wildman–Crippen MR) is 580 cm³/mol. The lowest BCUT2D eigenvalue weighted by Gasteiger charge is -2.15. The zero-order valence-corrected chi connectivity index (χ0v) is 75.4. The van der Waals surface area contributed by atoms with Crippen molar-refractivity contribution < 1.29 is 0 Å². The molecule has 0 aliphatic rings. The van der Waals surface area contributed by atoms with Gasteiger partial charge in [-0.25, -0.2) is 0 Å². The van der Waals surface area contributed by atoms with Crippen LogP contribution in [0, 0.1) is 0 Å². The minimum Gasteiger partial charge on any atom is -0.309 e. The number of benzene rings is 21. The largest absolute Gasteiger partial charge is 0.309 e. The zero-order valence-electron chi connectivity index (χ0n) is 72.9. The Labute approximate surface area is 787 Å². The third kappa shape index (κ3) is 12.0. The van der Waals surface area contributed by atoms with Gasteiger partial charge >= 0.3 is 0 Å². The van der Waals surface area contributed by atoms with E-state index in [1.54, 1.807) is 0 Å². The molecule has 0 bridgehead atoms. The molecule has 0 spiro atoms. The minimum atomic E-state index is 1.17. The highest BCUT2D eigenvalue weighted by molar-refractivity contribution is 7.27. The molecule has 30 rings (SSSR count). The van der Waals surface area contributed by atoms with E-state index in [9.17, 15) is 0 Å². The maximum Gasteiger partial charge on any atom is 0.0549 e. The highest BCUT2D eigenvalue weighted by Crippen LogP contribution is 2.50. The number of rotatable bonds is 9. The first-order valence-electron chi connectivity index (χ1n) is 46.1. The quantitative estimate of drug-likeness (QED) is 0.138. The van der Waals surface area contributed by atoms with Crippen LogP contribution in [-0.2, 0) is 0 Å². The lowest BCUT2D eigenvalue weighted by Crippen LogP contribution is -1.97. The van der Waals surface area contributed by atoms with Gasteiger partial charge in [0.25, 0.3) is 0 Å². The Balaban J connectivity index is 0.000000101. The molecule has 0 fully saturated rings. The highest BCUT2D eigenvalue weighted by atomic mass is 32.1. The molecule has 9 heteroatoms. The Morgan fingerprint density at radius 2 is 0.415 bits per heavy atom. The van der Waals surface area contributed by atoms with Gasteiger partial charge in [-0.15, -0.1) is 34.0 Å². The molecule has 9 heterocycles. The molecule has 6 nitrogen and oxygen atoms in total. The number of hydrogen-bond acceptors (Lipinski definition) is 3. The van der Waals surface area contributed by atoms with Crippen LogP contribution in [0.3, 0.4) is 0 Å². The average Bonchev–Trinajstić information content (AvgIpc) is 1.56. The molecular formula is C126H78N6S3. The monoisotopic (exact) mass is 1770 g/mol. The Bertz CT molecular complexity index is 10100. The number of hydrogen-bond donors (Lipinski definition) is 0. The Kier molecular flexibility index (Phi) is 17.6. The van der Waals surface area contributed by atoms with Gasteiger partial charge in [0.15, 0.2) is 0 Å². The fraction of sp³-hybridized carbons (Fsp3) is 0. The van der Waals surface area contributed by atoms with E-state index >= 15 is 0 Å². The van der Waals surface area contributed by atoms with Gasteiger partial charge in [0.05, 0.1) is 71.9 Å². The Morgan fingerprint density at radius 1 is 0.133 bits per heavy atom. The smallest absolute Gasteiger partial charge is 0.0549 e. The van der Waals surface area contributed by atoms with E-state index < -0.39 is 0 Å². The third-order valence-corrected chi connectivity index (χ3v) is 31.5. The molecule has 0 radical (unpaired) electrons. The Morgan fingerprint density at radius 3 is 0.852 bits per heavy atom. The van der Waals surface area contributed by atoms with Crippen molar-refractivity contribution >= 4 is 225 Å². The SMILES string of the molecule is c1ccc(-n2c3ccccc3c3cc4c(cc32)c2ccccc2n4-c2ccc(-c3cccc4sc5ccccc5c34)cc2)cc1.c1ccc(-n2c3ccccc3c3cc4c(cc32)c2ccccc2n4-c2cccc(-c3cccc4c3sc3ccccc34)c2)cc1.c1ccc(-n2c3ccccc3c3cc4c(cc32)c2ccccc2n4-c2ccccc2-c2cccc3c2sc2ccccc23)cc1. The third-order valence-electron chi connectivity index (χ3n) is 27.9. The minimum absolute atomic E-state index is 1.17. The van der Waals surface area contributed by atoms with Crippen LogP contribution in [0.15, 0.2) is 473 Å². The van der Waals surface area contributed by atoms with Gasteiger partial charge in [-0.1, -0.05) is 309 Å². The highest BCUT2D eigenvalue weighted by Gasteiger charge is 2.26. The molecule has 630 valence electrons. The molecule has 135 heavy (non-hydrogen) atoms. The molecule has 0 saturated carbocycles. The van der Waals surface area contributed by atoms with Gasteiger partial charge < -0.3 is 27.4 Å². The van der Waals surface area contributed by atoms with Crippen LogP contribution < -0.4 is 0 Å². The van der Waals surface area contributed by atoms with E-state index in [-0.39, 0.29) is 0 Å². The topological polar surface area (TPSA) is 29.6 Å². The summed E-state index contributed by atoms with van der Waals surface area (Å²) in [5.41, 5.74) is 29.3. The normalized spacial score (nSPS) is 12.0. The van der Waals surface area contributed by atoms with Crippen LogP contribution in [0.5, 0.6) is 0 Å². The van der Waals surface area contributed by atoms with E-state index in [0.717, 1.165) is 0 Å². The van der Waals surface area contributed by atoms with E-state index in [0.29, 0.717) is 0 Å². The van der Waals surface area contributed by atoms with Crippen molar-refractivity contribution in [2.45, 2.75) is 0 Å². The van der Waals surface area contributed by atoms with Crippen LogP contribution in [0.4, 0.5) is 0 Å². The summed E-state index contributed by atoms with van der Waals surface area (Å²) in [5, 5.41) is 23.1. The molecule has 21 aromatic carbocycles. The van der Waals surface area contributed by atoms with E-state index in [2.05, 4.69) is 501 Å². The second-order valence-electron chi connectivity index (χ2n) is 35.2. The summed E-state index contributed by atoms with van der Waals surface area (Å²) in [7, 11) is 0. The lowest BCUT2D eigenvalue weighted by molar-refractivity contribution is 1.17. The van der Waals surface area contributed by atoms with Crippen LogP contribution in [0.1, 0.15) is 0 Å².